The number of rotatable bonds is 7. The zero-order chi connectivity index (χ0) is 15.4. The Morgan fingerprint density at radius 2 is 1.79 bits per heavy atom. The van der Waals surface area contributed by atoms with Crippen molar-refractivity contribution in [3.05, 3.63) is 30.1 Å². The Morgan fingerprint density at radius 3 is 2.46 bits per heavy atom. The van der Waals surface area contributed by atoms with Gasteiger partial charge in [-0.15, -0.1) is 24.8 Å². The van der Waals surface area contributed by atoms with Gasteiger partial charge in [0.1, 0.15) is 5.82 Å². The molecule has 136 valence electrons. The van der Waals surface area contributed by atoms with E-state index in [1.54, 1.807) is 0 Å². The van der Waals surface area contributed by atoms with E-state index in [4.69, 9.17) is 0 Å². The fourth-order valence-corrected chi connectivity index (χ4v) is 2.92. The molecule has 4 nitrogen and oxygen atoms in total. The molecule has 1 saturated carbocycles. The molecule has 1 heterocycles. The van der Waals surface area contributed by atoms with Crippen LogP contribution in [0.5, 0.6) is 0 Å². The van der Waals surface area contributed by atoms with Crippen molar-refractivity contribution in [2.75, 3.05) is 37.6 Å². The van der Waals surface area contributed by atoms with Gasteiger partial charge < -0.3 is 15.5 Å². The van der Waals surface area contributed by atoms with Gasteiger partial charge in [0, 0.05) is 25.3 Å². The third-order valence-corrected chi connectivity index (χ3v) is 4.48. The van der Waals surface area contributed by atoms with Crippen molar-refractivity contribution < 1.29 is 9.18 Å². The molecule has 2 fully saturated rings. The summed E-state index contributed by atoms with van der Waals surface area (Å²) in [6.45, 7) is 4.00. The third kappa shape index (κ3) is 6.46. The van der Waals surface area contributed by atoms with E-state index in [0.717, 1.165) is 44.2 Å². The van der Waals surface area contributed by atoms with Crippen LogP contribution in [-0.4, -0.2) is 38.6 Å². The van der Waals surface area contributed by atoms with E-state index in [1.165, 1.54) is 25.0 Å². The molecule has 1 aromatic rings. The number of amides is 1. The summed E-state index contributed by atoms with van der Waals surface area (Å²) in [6, 6.07) is 6.63. The Balaban J connectivity index is 0.00000144. The molecular weight excluding hydrogens is 352 g/mol. The summed E-state index contributed by atoms with van der Waals surface area (Å²) in [7, 11) is 0. The van der Waals surface area contributed by atoms with E-state index in [-0.39, 0.29) is 36.5 Å². The predicted molar refractivity (Wildman–Crippen MR) is 99.8 cm³/mol. The van der Waals surface area contributed by atoms with E-state index < -0.39 is 0 Å². The molecule has 1 amide bonds. The van der Waals surface area contributed by atoms with E-state index >= 15 is 0 Å². The second kappa shape index (κ2) is 10.1. The quantitative estimate of drug-likeness (QED) is 0.767. The molecule has 1 atom stereocenters. The number of carbonyl (C=O) groups is 1. The van der Waals surface area contributed by atoms with E-state index in [9.17, 15) is 9.18 Å². The van der Waals surface area contributed by atoms with Gasteiger partial charge >= 0.3 is 0 Å². The highest BCUT2D eigenvalue weighted by atomic mass is 35.5. The molecule has 1 aliphatic carbocycles. The van der Waals surface area contributed by atoms with Crippen LogP contribution in [-0.2, 0) is 4.79 Å². The molecule has 1 aromatic carbocycles. The highest BCUT2D eigenvalue weighted by molar-refractivity contribution is 5.85. The first-order valence-electron chi connectivity index (χ1n) is 8.18. The molecule has 24 heavy (non-hydrogen) atoms. The lowest BCUT2D eigenvalue weighted by atomic mass is 10.1. The van der Waals surface area contributed by atoms with Crippen LogP contribution in [0.25, 0.3) is 0 Å². The summed E-state index contributed by atoms with van der Waals surface area (Å²) in [6.07, 6.45) is 3.67. The van der Waals surface area contributed by atoms with Crippen molar-refractivity contribution in [2.45, 2.75) is 19.3 Å². The van der Waals surface area contributed by atoms with Gasteiger partial charge in [-0.2, -0.15) is 0 Å². The zero-order valence-corrected chi connectivity index (χ0v) is 15.3. The van der Waals surface area contributed by atoms with Gasteiger partial charge in [0.05, 0.1) is 6.54 Å². The second-order valence-electron chi connectivity index (χ2n) is 6.46. The molecular formula is C17H26Cl2FN3O. The summed E-state index contributed by atoms with van der Waals surface area (Å²) < 4.78 is 12.9. The zero-order valence-electron chi connectivity index (χ0n) is 13.7. The fourth-order valence-electron chi connectivity index (χ4n) is 2.92. The highest BCUT2D eigenvalue weighted by Gasteiger charge is 2.23. The molecule has 2 N–H and O–H groups in total. The number of nitrogens with one attached hydrogen (secondary N) is 2. The van der Waals surface area contributed by atoms with Gasteiger partial charge in [-0.05, 0) is 61.9 Å². The Hall–Kier alpha value is -1.04. The minimum atomic E-state index is -0.203. The van der Waals surface area contributed by atoms with Gasteiger partial charge in [0.2, 0.25) is 5.91 Å². The molecule has 0 aromatic heterocycles. The van der Waals surface area contributed by atoms with Gasteiger partial charge in [0.25, 0.3) is 0 Å². The SMILES string of the molecule is Cl.Cl.O=C(CNCC1CC1)NCC1CCN(c2ccc(F)cc2)C1. The van der Waals surface area contributed by atoms with E-state index in [1.807, 2.05) is 12.1 Å². The maximum absolute atomic E-state index is 12.9. The number of anilines is 1. The molecule has 2 aliphatic rings. The Kier molecular flexibility index (Phi) is 8.81. The van der Waals surface area contributed by atoms with Gasteiger partial charge in [-0.25, -0.2) is 4.39 Å². The van der Waals surface area contributed by atoms with Crippen molar-refractivity contribution in [1.82, 2.24) is 10.6 Å². The largest absolute Gasteiger partial charge is 0.371 e. The molecule has 1 unspecified atom stereocenters. The first-order chi connectivity index (χ1) is 10.7. The van der Waals surface area contributed by atoms with Crippen LogP contribution in [0.1, 0.15) is 19.3 Å². The lowest BCUT2D eigenvalue weighted by Crippen LogP contribution is -2.37. The fraction of sp³-hybridized carbons (Fsp3) is 0.588. The van der Waals surface area contributed by atoms with E-state index in [0.29, 0.717) is 12.5 Å². The van der Waals surface area contributed by atoms with Crippen molar-refractivity contribution in [3.63, 3.8) is 0 Å². The van der Waals surface area contributed by atoms with Crippen molar-refractivity contribution in [2.24, 2.45) is 11.8 Å². The first kappa shape index (κ1) is 21.0. The monoisotopic (exact) mass is 377 g/mol. The Labute approximate surface area is 155 Å². The van der Waals surface area contributed by atoms with Crippen LogP contribution >= 0.6 is 24.8 Å². The number of benzene rings is 1. The Bertz CT molecular complexity index is 511. The summed E-state index contributed by atoms with van der Waals surface area (Å²) in [5.74, 6) is 1.15. The molecule has 3 rings (SSSR count). The van der Waals surface area contributed by atoms with Crippen molar-refractivity contribution in [3.8, 4) is 0 Å². The maximum Gasteiger partial charge on any atom is 0.233 e. The first-order valence-corrected chi connectivity index (χ1v) is 8.18. The molecule has 1 saturated heterocycles. The van der Waals surface area contributed by atoms with Crippen LogP contribution in [0.3, 0.4) is 0 Å². The normalized spacial score (nSPS) is 19.4. The van der Waals surface area contributed by atoms with Crippen molar-refractivity contribution >= 4 is 36.4 Å². The predicted octanol–water partition coefficient (Wildman–Crippen LogP) is 2.61. The molecule has 1 aliphatic heterocycles. The summed E-state index contributed by atoms with van der Waals surface area (Å²) in [5, 5.41) is 6.22. The average molecular weight is 378 g/mol. The van der Waals surface area contributed by atoms with Crippen LogP contribution in [0.4, 0.5) is 10.1 Å². The topological polar surface area (TPSA) is 44.4 Å². The molecule has 7 heteroatoms. The number of hydrogen-bond acceptors (Lipinski definition) is 3. The minimum absolute atomic E-state index is 0. The summed E-state index contributed by atoms with van der Waals surface area (Å²) in [4.78, 5) is 14.0. The number of hydrogen-bond donors (Lipinski definition) is 2. The van der Waals surface area contributed by atoms with Crippen LogP contribution < -0.4 is 15.5 Å². The van der Waals surface area contributed by atoms with Crippen LogP contribution in [0.2, 0.25) is 0 Å². The minimum Gasteiger partial charge on any atom is -0.371 e. The van der Waals surface area contributed by atoms with Crippen LogP contribution in [0.15, 0.2) is 24.3 Å². The summed E-state index contributed by atoms with van der Waals surface area (Å²) >= 11 is 0. The van der Waals surface area contributed by atoms with Crippen LogP contribution in [0, 0.1) is 17.7 Å². The van der Waals surface area contributed by atoms with Gasteiger partial charge in [0.15, 0.2) is 0 Å². The van der Waals surface area contributed by atoms with Gasteiger partial charge in [-0.1, -0.05) is 0 Å². The molecule has 0 bridgehead atoms. The molecule has 0 spiro atoms. The second-order valence-corrected chi connectivity index (χ2v) is 6.46. The standard InChI is InChI=1S/C17H24FN3O.2ClH/c18-15-3-5-16(6-4-15)21-8-7-14(12-21)10-20-17(22)11-19-9-13-1-2-13;;/h3-6,13-14,19H,1-2,7-12H2,(H,20,22);2*1H. The number of nitrogens with zero attached hydrogens (tertiary/aromatic N) is 1. The number of carbonyl (C=O) groups excluding carboxylic acids is 1. The smallest absolute Gasteiger partial charge is 0.233 e. The Morgan fingerprint density at radius 1 is 1.08 bits per heavy atom. The van der Waals surface area contributed by atoms with Crippen molar-refractivity contribution in [1.29, 1.82) is 0 Å². The lowest BCUT2D eigenvalue weighted by molar-refractivity contribution is -0.120. The lowest BCUT2D eigenvalue weighted by Gasteiger charge is -2.18. The van der Waals surface area contributed by atoms with Gasteiger partial charge in [-0.3, -0.25) is 4.79 Å². The molecule has 0 radical (unpaired) electrons. The summed E-state index contributed by atoms with van der Waals surface area (Å²) in [5.41, 5.74) is 1.06. The average Bonchev–Trinajstić information content (AvgIpc) is 3.22. The van der Waals surface area contributed by atoms with E-state index in [2.05, 4.69) is 15.5 Å². The maximum atomic E-state index is 12.9. The highest BCUT2D eigenvalue weighted by Crippen LogP contribution is 2.27. The number of halogens is 3. The third-order valence-electron chi connectivity index (χ3n) is 4.48.